The van der Waals surface area contributed by atoms with Crippen molar-refractivity contribution in [2.45, 2.75) is 44.7 Å². The van der Waals surface area contributed by atoms with Crippen molar-refractivity contribution in [3.05, 3.63) is 0 Å². The molecule has 2 N–H and O–H groups in total. The molecule has 0 spiro atoms. The molecule has 0 aromatic rings. The summed E-state index contributed by atoms with van der Waals surface area (Å²) in [4.78, 5) is 13.5. The number of hydrogen-bond donors (Lipinski definition) is 1. The van der Waals surface area contributed by atoms with Crippen molar-refractivity contribution < 1.29 is 9.53 Å². The molecule has 0 radical (unpaired) electrons. The van der Waals surface area contributed by atoms with Crippen LogP contribution in [-0.2, 0) is 9.53 Å². The number of hydrogen-bond acceptors (Lipinski definition) is 3. The van der Waals surface area contributed by atoms with Crippen LogP contribution in [0.1, 0.15) is 32.6 Å². The van der Waals surface area contributed by atoms with Crippen molar-refractivity contribution in [3.8, 4) is 0 Å². The fraction of sp³-hybridized carbons (Fsp3) is 0.909. The monoisotopic (exact) mass is 214 g/mol. The van der Waals surface area contributed by atoms with E-state index in [1.807, 2.05) is 14.0 Å². The second kappa shape index (κ2) is 6.08. The first-order chi connectivity index (χ1) is 7.16. The largest absolute Gasteiger partial charge is 0.372 e. The average Bonchev–Trinajstić information content (AvgIpc) is 2.25. The van der Waals surface area contributed by atoms with Gasteiger partial charge in [0.2, 0.25) is 5.91 Å². The minimum atomic E-state index is 0.0409. The van der Waals surface area contributed by atoms with E-state index in [-0.39, 0.29) is 24.6 Å². The zero-order chi connectivity index (χ0) is 11.3. The predicted molar refractivity (Wildman–Crippen MR) is 59.5 cm³/mol. The first-order valence-corrected chi connectivity index (χ1v) is 5.75. The lowest BCUT2D eigenvalue weighted by Gasteiger charge is -2.35. The molecule has 1 saturated carbocycles. The highest BCUT2D eigenvalue weighted by molar-refractivity contribution is 5.77. The summed E-state index contributed by atoms with van der Waals surface area (Å²) in [5.74, 6) is 0.0409. The van der Waals surface area contributed by atoms with Gasteiger partial charge in [0.1, 0.15) is 6.61 Å². The quantitative estimate of drug-likeness (QED) is 0.751. The molecule has 0 aliphatic heterocycles. The van der Waals surface area contributed by atoms with Gasteiger partial charge in [0, 0.05) is 25.7 Å². The molecule has 1 fully saturated rings. The van der Waals surface area contributed by atoms with Crippen LogP contribution in [0.3, 0.4) is 0 Å². The first-order valence-electron chi connectivity index (χ1n) is 5.75. The molecule has 0 aromatic carbocycles. The highest BCUT2D eigenvalue weighted by Crippen LogP contribution is 2.20. The Morgan fingerprint density at radius 2 is 2.13 bits per heavy atom. The zero-order valence-electron chi connectivity index (χ0n) is 9.74. The Balaban J connectivity index is 2.42. The van der Waals surface area contributed by atoms with Gasteiger partial charge < -0.3 is 15.4 Å². The molecule has 1 aliphatic carbocycles. The van der Waals surface area contributed by atoms with Crippen molar-refractivity contribution in [1.82, 2.24) is 4.90 Å². The van der Waals surface area contributed by atoms with E-state index < -0.39 is 0 Å². The van der Waals surface area contributed by atoms with Crippen molar-refractivity contribution in [2.24, 2.45) is 5.73 Å². The molecule has 2 unspecified atom stereocenters. The third-order valence-corrected chi connectivity index (χ3v) is 3.10. The summed E-state index contributed by atoms with van der Waals surface area (Å²) >= 11 is 0. The van der Waals surface area contributed by atoms with Crippen molar-refractivity contribution in [3.63, 3.8) is 0 Å². The summed E-state index contributed by atoms with van der Waals surface area (Å²) in [7, 11) is 1.83. The van der Waals surface area contributed by atoms with Gasteiger partial charge in [-0.1, -0.05) is 12.8 Å². The van der Waals surface area contributed by atoms with E-state index >= 15 is 0 Å². The Labute approximate surface area is 91.8 Å². The Hall–Kier alpha value is -0.610. The van der Waals surface area contributed by atoms with Gasteiger partial charge in [-0.15, -0.1) is 0 Å². The summed E-state index contributed by atoms with van der Waals surface area (Å²) < 4.78 is 5.11. The SMILES string of the molecule is CCOCC(=O)N(C)C1CCCCC1N. The normalized spacial score (nSPS) is 26.3. The molecular formula is C11H22N2O2. The summed E-state index contributed by atoms with van der Waals surface area (Å²) in [5.41, 5.74) is 6.01. The van der Waals surface area contributed by atoms with Crippen LogP contribution in [0.5, 0.6) is 0 Å². The summed E-state index contributed by atoms with van der Waals surface area (Å²) in [5, 5.41) is 0. The molecule has 88 valence electrons. The molecule has 4 heteroatoms. The third-order valence-electron chi connectivity index (χ3n) is 3.10. The van der Waals surface area contributed by atoms with Crippen LogP contribution in [0, 0.1) is 0 Å². The number of carbonyl (C=O) groups is 1. The number of amides is 1. The van der Waals surface area contributed by atoms with Crippen LogP contribution >= 0.6 is 0 Å². The van der Waals surface area contributed by atoms with E-state index in [1.165, 1.54) is 12.8 Å². The maximum Gasteiger partial charge on any atom is 0.248 e. The summed E-state index contributed by atoms with van der Waals surface area (Å²) in [6, 6.07) is 0.334. The van der Waals surface area contributed by atoms with Gasteiger partial charge in [-0.25, -0.2) is 0 Å². The number of nitrogens with two attached hydrogens (primary N) is 1. The minimum absolute atomic E-state index is 0.0409. The van der Waals surface area contributed by atoms with Crippen LogP contribution in [0.4, 0.5) is 0 Å². The highest BCUT2D eigenvalue weighted by atomic mass is 16.5. The molecule has 4 nitrogen and oxygen atoms in total. The van der Waals surface area contributed by atoms with E-state index in [0.717, 1.165) is 12.8 Å². The lowest BCUT2D eigenvalue weighted by atomic mass is 9.90. The molecule has 1 rings (SSSR count). The topological polar surface area (TPSA) is 55.6 Å². The highest BCUT2D eigenvalue weighted by Gasteiger charge is 2.27. The number of rotatable bonds is 4. The average molecular weight is 214 g/mol. The molecular weight excluding hydrogens is 192 g/mol. The Morgan fingerprint density at radius 1 is 1.47 bits per heavy atom. The first kappa shape index (κ1) is 12.5. The second-order valence-electron chi connectivity index (χ2n) is 4.16. The van der Waals surface area contributed by atoms with Gasteiger partial charge in [-0.2, -0.15) is 0 Å². The number of likely N-dealkylation sites (N-methyl/N-ethyl adjacent to an activating group) is 1. The van der Waals surface area contributed by atoms with Crippen LogP contribution < -0.4 is 5.73 Å². The van der Waals surface area contributed by atoms with Gasteiger partial charge in [0.25, 0.3) is 0 Å². The van der Waals surface area contributed by atoms with Crippen LogP contribution in [0.15, 0.2) is 0 Å². The molecule has 0 saturated heterocycles. The van der Waals surface area contributed by atoms with Gasteiger partial charge in [0.15, 0.2) is 0 Å². The number of carbonyl (C=O) groups excluding carboxylic acids is 1. The van der Waals surface area contributed by atoms with E-state index in [9.17, 15) is 4.79 Å². The second-order valence-corrected chi connectivity index (χ2v) is 4.16. The van der Waals surface area contributed by atoms with Gasteiger partial charge in [-0.3, -0.25) is 4.79 Å². The predicted octanol–water partition coefficient (Wildman–Crippen LogP) is 0.751. The van der Waals surface area contributed by atoms with Crippen LogP contribution in [-0.4, -0.2) is 43.2 Å². The molecule has 0 heterocycles. The fourth-order valence-electron chi connectivity index (χ4n) is 2.10. The van der Waals surface area contributed by atoms with Crippen molar-refractivity contribution in [1.29, 1.82) is 0 Å². The molecule has 2 atom stereocenters. The molecule has 0 bridgehead atoms. The van der Waals surface area contributed by atoms with Gasteiger partial charge >= 0.3 is 0 Å². The molecule has 0 aromatic heterocycles. The third kappa shape index (κ3) is 3.47. The standard InChI is InChI=1S/C11H22N2O2/c1-3-15-8-11(14)13(2)10-7-5-4-6-9(10)12/h9-10H,3-8,12H2,1-2H3. The van der Waals surface area contributed by atoms with Gasteiger partial charge in [0.05, 0.1) is 0 Å². The lowest BCUT2D eigenvalue weighted by Crippen LogP contribution is -2.51. The summed E-state index contributed by atoms with van der Waals surface area (Å²) in [6.07, 6.45) is 4.40. The number of ether oxygens (including phenoxy) is 1. The van der Waals surface area contributed by atoms with E-state index in [1.54, 1.807) is 4.90 Å². The lowest BCUT2D eigenvalue weighted by molar-refractivity contribution is -0.137. The van der Waals surface area contributed by atoms with Gasteiger partial charge in [-0.05, 0) is 19.8 Å². The van der Waals surface area contributed by atoms with Crippen molar-refractivity contribution in [2.75, 3.05) is 20.3 Å². The number of nitrogens with zero attached hydrogens (tertiary/aromatic N) is 1. The van der Waals surface area contributed by atoms with Crippen molar-refractivity contribution >= 4 is 5.91 Å². The summed E-state index contributed by atoms with van der Waals surface area (Å²) in [6.45, 7) is 2.64. The maximum atomic E-state index is 11.7. The zero-order valence-corrected chi connectivity index (χ0v) is 9.74. The molecule has 1 aliphatic rings. The van der Waals surface area contributed by atoms with E-state index in [0.29, 0.717) is 6.61 Å². The van der Waals surface area contributed by atoms with Crippen LogP contribution in [0.25, 0.3) is 0 Å². The maximum absolute atomic E-state index is 11.7. The van der Waals surface area contributed by atoms with E-state index in [2.05, 4.69) is 0 Å². The van der Waals surface area contributed by atoms with E-state index in [4.69, 9.17) is 10.5 Å². The minimum Gasteiger partial charge on any atom is -0.372 e. The molecule has 15 heavy (non-hydrogen) atoms. The van der Waals surface area contributed by atoms with Crippen LogP contribution in [0.2, 0.25) is 0 Å². The Morgan fingerprint density at radius 3 is 2.73 bits per heavy atom. The smallest absolute Gasteiger partial charge is 0.248 e. The Bertz CT molecular complexity index is 209. The fourth-order valence-corrected chi connectivity index (χ4v) is 2.10. The molecule has 1 amide bonds. The Kier molecular flexibility index (Phi) is 5.05.